The number of aliphatic hydroxyl groups excluding tert-OH is 1. The third-order valence-corrected chi connectivity index (χ3v) is 4.28. The summed E-state index contributed by atoms with van der Waals surface area (Å²) < 4.78 is 0. The summed E-state index contributed by atoms with van der Waals surface area (Å²) in [6.45, 7) is 9.01. The average molecular weight is 272 g/mol. The Morgan fingerprint density at radius 1 is 1.26 bits per heavy atom. The Morgan fingerprint density at radius 3 is 2.21 bits per heavy atom. The van der Waals surface area contributed by atoms with Crippen molar-refractivity contribution in [1.29, 1.82) is 0 Å². The van der Waals surface area contributed by atoms with Gasteiger partial charge in [-0.1, -0.05) is 27.7 Å². The van der Waals surface area contributed by atoms with E-state index in [1.807, 2.05) is 13.8 Å². The monoisotopic (exact) mass is 272 g/mol. The van der Waals surface area contributed by atoms with Crippen molar-refractivity contribution in [2.24, 2.45) is 17.6 Å². The standard InChI is InChI=1S/C15H32N2O2/c1-5-15(6-2,11-18)17-14(19)8-7-13(9-10-16)12(3)4/h12-13,18H,5-11,16H2,1-4H3,(H,17,19). The molecule has 0 saturated heterocycles. The predicted molar refractivity (Wildman–Crippen MR) is 79.8 cm³/mol. The first-order chi connectivity index (χ1) is 8.94. The number of hydrogen-bond donors (Lipinski definition) is 3. The first-order valence-corrected chi connectivity index (χ1v) is 7.56. The summed E-state index contributed by atoms with van der Waals surface area (Å²) in [6.07, 6.45) is 3.86. The van der Waals surface area contributed by atoms with Crippen molar-refractivity contribution in [3.05, 3.63) is 0 Å². The maximum absolute atomic E-state index is 12.0. The number of nitrogens with one attached hydrogen (secondary N) is 1. The molecular weight excluding hydrogens is 240 g/mol. The van der Waals surface area contributed by atoms with Gasteiger partial charge in [0.05, 0.1) is 12.1 Å². The minimum atomic E-state index is -0.446. The van der Waals surface area contributed by atoms with Crippen LogP contribution in [0.4, 0.5) is 0 Å². The summed E-state index contributed by atoms with van der Waals surface area (Å²) in [7, 11) is 0. The van der Waals surface area contributed by atoms with E-state index in [9.17, 15) is 9.90 Å². The summed E-state index contributed by atoms with van der Waals surface area (Å²) in [5.74, 6) is 1.10. The van der Waals surface area contributed by atoms with Crippen LogP contribution in [-0.4, -0.2) is 29.7 Å². The molecule has 0 saturated carbocycles. The van der Waals surface area contributed by atoms with Crippen LogP contribution in [0, 0.1) is 11.8 Å². The van der Waals surface area contributed by atoms with Crippen molar-refractivity contribution in [3.8, 4) is 0 Å². The van der Waals surface area contributed by atoms with Crippen molar-refractivity contribution in [2.45, 2.75) is 65.3 Å². The molecule has 0 spiro atoms. The van der Waals surface area contributed by atoms with Crippen molar-refractivity contribution < 1.29 is 9.90 Å². The molecule has 0 fully saturated rings. The molecule has 1 amide bonds. The van der Waals surface area contributed by atoms with E-state index < -0.39 is 5.54 Å². The lowest BCUT2D eigenvalue weighted by Gasteiger charge is -2.31. The summed E-state index contributed by atoms with van der Waals surface area (Å²) in [5.41, 5.74) is 5.16. The molecule has 4 heteroatoms. The van der Waals surface area contributed by atoms with Crippen LogP contribution < -0.4 is 11.1 Å². The number of hydrogen-bond acceptors (Lipinski definition) is 3. The average Bonchev–Trinajstić information content (AvgIpc) is 2.40. The third-order valence-electron chi connectivity index (χ3n) is 4.28. The smallest absolute Gasteiger partial charge is 0.220 e. The van der Waals surface area contributed by atoms with E-state index in [2.05, 4.69) is 19.2 Å². The molecule has 1 unspecified atom stereocenters. The highest BCUT2D eigenvalue weighted by molar-refractivity contribution is 5.76. The number of rotatable bonds is 10. The van der Waals surface area contributed by atoms with Crippen LogP contribution in [0.5, 0.6) is 0 Å². The number of carbonyl (C=O) groups is 1. The van der Waals surface area contributed by atoms with Crippen molar-refractivity contribution >= 4 is 5.91 Å². The first kappa shape index (κ1) is 18.4. The van der Waals surface area contributed by atoms with Gasteiger partial charge in [0.2, 0.25) is 5.91 Å². The molecule has 0 bridgehead atoms. The zero-order valence-electron chi connectivity index (χ0n) is 13.0. The molecule has 0 aliphatic rings. The van der Waals surface area contributed by atoms with Crippen LogP contribution in [0.15, 0.2) is 0 Å². The number of amides is 1. The molecule has 0 aromatic heterocycles. The van der Waals surface area contributed by atoms with E-state index in [1.54, 1.807) is 0 Å². The van der Waals surface area contributed by atoms with E-state index in [4.69, 9.17) is 5.73 Å². The van der Waals surface area contributed by atoms with Crippen LogP contribution in [0.3, 0.4) is 0 Å². The second-order valence-electron chi connectivity index (χ2n) is 5.81. The lowest BCUT2D eigenvalue weighted by molar-refractivity contribution is -0.124. The van der Waals surface area contributed by atoms with Crippen molar-refractivity contribution in [3.63, 3.8) is 0 Å². The fourth-order valence-electron chi connectivity index (χ4n) is 2.39. The minimum absolute atomic E-state index is 0.00213. The van der Waals surface area contributed by atoms with Gasteiger partial charge in [-0.15, -0.1) is 0 Å². The summed E-state index contributed by atoms with van der Waals surface area (Å²) in [4.78, 5) is 12.0. The Balaban J connectivity index is 4.30. The zero-order chi connectivity index (χ0) is 14.9. The van der Waals surface area contributed by atoms with Gasteiger partial charge in [-0.3, -0.25) is 4.79 Å². The Kier molecular flexibility index (Phi) is 9.02. The van der Waals surface area contributed by atoms with Gasteiger partial charge in [0.15, 0.2) is 0 Å². The second kappa shape index (κ2) is 9.32. The van der Waals surface area contributed by atoms with Gasteiger partial charge < -0.3 is 16.2 Å². The van der Waals surface area contributed by atoms with E-state index in [-0.39, 0.29) is 12.5 Å². The summed E-state index contributed by atoms with van der Waals surface area (Å²) >= 11 is 0. The topological polar surface area (TPSA) is 75.3 Å². The summed E-state index contributed by atoms with van der Waals surface area (Å²) in [6, 6.07) is 0. The molecule has 0 aromatic carbocycles. The van der Waals surface area contributed by atoms with Gasteiger partial charge in [0.1, 0.15) is 0 Å². The normalized spacial score (nSPS) is 13.6. The van der Waals surface area contributed by atoms with Gasteiger partial charge in [0, 0.05) is 6.42 Å². The number of aliphatic hydroxyl groups is 1. The molecule has 4 nitrogen and oxygen atoms in total. The van der Waals surface area contributed by atoms with Crippen LogP contribution in [0.1, 0.15) is 59.8 Å². The highest BCUT2D eigenvalue weighted by atomic mass is 16.3. The predicted octanol–water partition coefficient (Wildman–Crippen LogP) is 2.05. The molecular formula is C15H32N2O2. The third kappa shape index (κ3) is 6.39. The molecule has 0 heterocycles. The molecule has 4 N–H and O–H groups in total. The van der Waals surface area contributed by atoms with Crippen molar-refractivity contribution in [2.75, 3.05) is 13.2 Å². The molecule has 1 atom stereocenters. The summed E-state index contributed by atoms with van der Waals surface area (Å²) in [5, 5.41) is 12.4. The van der Waals surface area contributed by atoms with Crippen LogP contribution in [-0.2, 0) is 4.79 Å². The molecule has 0 aliphatic carbocycles. The number of carbonyl (C=O) groups excluding carboxylic acids is 1. The van der Waals surface area contributed by atoms with Gasteiger partial charge in [-0.25, -0.2) is 0 Å². The van der Waals surface area contributed by atoms with Crippen molar-refractivity contribution in [1.82, 2.24) is 5.32 Å². The molecule has 19 heavy (non-hydrogen) atoms. The van der Waals surface area contributed by atoms with Gasteiger partial charge in [-0.05, 0) is 44.1 Å². The Hall–Kier alpha value is -0.610. The molecule has 0 rings (SSSR count). The van der Waals surface area contributed by atoms with E-state index in [0.29, 0.717) is 24.8 Å². The minimum Gasteiger partial charge on any atom is -0.394 e. The van der Waals surface area contributed by atoms with E-state index >= 15 is 0 Å². The van der Waals surface area contributed by atoms with Gasteiger partial charge in [-0.2, -0.15) is 0 Å². The Bertz CT molecular complexity index is 242. The lowest BCUT2D eigenvalue weighted by Crippen LogP contribution is -2.50. The molecule has 0 aliphatic heterocycles. The Morgan fingerprint density at radius 2 is 1.84 bits per heavy atom. The fourth-order valence-corrected chi connectivity index (χ4v) is 2.39. The van der Waals surface area contributed by atoms with Gasteiger partial charge >= 0.3 is 0 Å². The van der Waals surface area contributed by atoms with E-state index in [1.165, 1.54) is 0 Å². The maximum atomic E-state index is 12.0. The second-order valence-corrected chi connectivity index (χ2v) is 5.81. The van der Waals surface area contributed by atoms with Gasteiger partial charge in [0.25, 0.3) is 0 Å². The van der Waals surface area contributed by atoms with E-state index in [0.717, 1.165) is 25.7 Å². The maximum Gasteiger partial charge on any atom is 0.220 e. The van der Waals surface area contributed by atoms with Crippen LogP contribution >= 0.6 is 0 Å². The SMILES string of the molecule is CCC(CC)(CO)NC(=O)CCC(CCN)C(C)C. The largest absolute Gasteiger partial charge is 0.394 e. The molecule has 0 aromatic rings. The highest BCUT2D eigenvalue weighted by Gasteiger charge is 2.27. The fraction of sp³-hybridized carbons (Fsp3) is 0.933. The Labute approximate surface area is 118 Å². The van der Waals surface area contributed by atoms with Crippen LogP contribution in [0.25, 0.3) is 0 Å². The first-order valence-electron chi connectivity index (χ1n) is 7.56. The molecule has 0 radical (unpaired) electrons. The number of nitrogens with two attached hydrogens (primary N) is 1. The zero-order valence-corrected chi connectivity index (χ0v) is 13.0. The highest BCUT2D eigenvalue weighted by Crippen LogP contribution is 2.21. The van der Waals surface area contributed by atoms with Crippen LogP contribution in [0.2, 0.25) is 0 Å². The lowest BCUT2D eigenvalue weighted by atomic mass is 9.87. The molecule has 114 valence electrons. The quantitative estimate of drug-likeness (QED) is 0.570.